The first-order valence-corrected chi connectivity index (χ1v) is 10.6. The first kappa shape index (κ1) is 21.1. The molecule has 0 amide bonds. The van der Waals surface area contributed by atoms with Crippen molar-refractivity contribution in [2.75, 3.05) is 32.6 Å². The van der Waals surface area contributed by atoms with Crippen LogP contribution in [-0.2, 0) is 10.2 Å². The van der Waals surface area contributed by atoms with Crippen LogP contribution >= 0.6 is 0 Å². The second-order valence-corrected chi connectivity index (χ2v) is 8.29. The predicted octanol–water partition coefficient (Wildman–Crippen LogP) is 4.65. The molecule has 1 N–H and O–H groups in total. The fourth-order valence-corrected chi connectivity index (χ4v) is 4.61. The van der Waals surface area contributed by atoms with E-state index in [9.17, 15) is 4.79 Å². The van der Waals surface area contributed by atoms with Crippen LogP contribution in [0.5, 0.6) is 0 Å². The van der Waals surface area contributed by atoms with Gasteiger partial charge < -0.3 is 10.0 Å². The fraction of sp³-hybridized carbons (Fsp3) is 0.440. The van der Waals surface area contributed by atoms with Crippen LogP contribution in [-0.4, -0.2) is 49.1 Å². The second-order valence-electron chi connectivity index (χ2n) is 8.29. The number of benzene rings is 1. The highest BCUT2D eigenvalue weighted by Crippen LogP contribution is 2.49. The molecule has 0 aromatic heterocycles. The van der Waals surface area contributed by atoms with Gasteiger partial charge in [0.05, 0.1) is 0 Å². The average Bonchev–Trinajstić information content (AvgIpc) is 2.71. The molecule has 0 atom stereocenters. The Morgan fingerprint density at radius 3 is 2.48 bits per heavy atom. The number of carboxylic acid groups (broad SMARTS) is 1. The van der Waals surface area contributed by atoms with Crippen molar-refractivity contribution >= 4 is 23.4 Å². The van der Waals surface area contributed by atoms with Gasteiger partial charge in [-0.3, -0.25) is 4.79 Å². The summed E-state index contributed by atoms with van der Waals surface area (Å²) in [5.74, 6) is -0.734. The third-order valence-corrected chi connectivity index (χ3v) is 6.46. The van der Waals surface area contributed by atoms with E-state index in [1.165, 1.54) is 28.0 Å². The monoisotopic (exact) mass is 393 g/mol. The van der Waals surface area contributed by atoms with Crippen molar-refractivity contribution in [3.05, 3.63) is 58.7 Å². The molecule has 1 aromatic carbocycles. The predicted molar refractivity (Wildman–Crippen MR) is 121 cm³/mol. The number of hydrogen-bond donors (Lipinski definition) is 1. The first-order chi connectivity index (χ1) is 13.8. The third-order valence-electron chi connectivity index (χ3n) is 6.46. The molecule has 1 aromatic rings. The maximum absolute atomic E-state index is 10.8. The van der Waals surface area contributed by atoms with Crippen molar-refractivity contribution in [3.63, 3.8) is 0 Å². The first-order valence-electron chi connectivity index (χ1n) is 10.6. The quantitative estimate of drug-likeness (QED) is 0.686. The summed E-state index contributed by atoms with van der Waals surface area (Å²) >= 11 is 0. The van der Waals surface area contributed by atoms with Gasteiger partial charge in [0.15, 0.2) is 5.71 Å². The van der Waals surface area contributed by atoms with Gasteiger partial charge in [0.1, 0.15) is 14.1 Å². The summed E-state index contributed by atoms with van der Waals surface area (Å²) in [7, 11) is 6.23. The SMILES string of the molecule is CCC1(CC)C2=CC(=[N+](C)C)C=CC2=Cc2ccc(N(C)CCCC(=O)O)cc21. The average molecular weight is 394 g/mol. The summed E-state index contributed by atoms with van der Waals surface area (Å²) in [4.78, 5) is 13.0. The summed E-state index contributed by atoms with van der Waals surface area (Å²) in [5, 5.41) is 8.92. The molecule has 0 bridgehead atoms. The summed E-state index contributed by atoms with van der Waals surface area (Å²) in [6.07, 6.45) is 12.0. The van der Waals surface area contributed by atoms with Gasteiger partial charge in [-0.1, -0.05) is 19.9 Å². The van der Waals surface area contributed by atoms with Gasteiger partial charge in [0, 0.05) is 43.3 Å². The number of aliphatic carboxylic acids is 1. The Balaban J connectivity index is 2.05. The van der Waals surface area contributed by atoms with E-state index in [0.717, 1.165) is 25.1 Å². The molecule has 0 saturated carbocycles. The molecule has 3 rings (SSSR count). The highest BCUT2D eigenvalue weighted by atomic mass is 16.4. The van der Waals surface area contributed by atoms with Crippen molar-refractivity contribution in [2.24, 2.45) is 0 Å². The number of rotatable bonds is 7. The maximum Gasteiger partial charge on any atom is 0.303 e. The molecular weight excluding hydrogens is 360 g/mol. The van der Waals surface area contributed by atoms with E-state index in [4.69, 9.17) is 5.11 Å². The highest BCUT2D eigenvalue weighted by molar-refractivity contribution is 6.04. The highest BCUT2D eigenvalue weighted by Gasteiger charge is 2.40. The molecular formula is C25H33N2O2+. The van der Waals surface area contributed by atoms with E-state index >= 15 is 0 Å². The zero-order valence-corrected chi connectivity index (χ0v) is 18.3. The smallest absolute Gasteiger partial charge is 0.303 e. The number of anilines is 1. The van der Waals surface area contributed by atoms with Crippen LogP contribution in [0, 0.1) is 0 Å². The van der Waals surface area contributed by atoms with Gasteiger partial charge in [-0.2, -0.15) is 0 Å². The minimum absolute atomic E-state index is 0.0106. The Hall–Kier alpha value is -2.62. The molecule has 4 nitrogen and oxygen atoms in total. The summed E-state index contributed by atoms with van der Waals surface area (Å²) < 4.78 is 2.17. The van der Waals surface area contributed by atoms with E-state index in [1.807, 2.05) is 7.05 Å². The van der Waals surface area contributed by atoms with Gasteiger partial charge in [-0.25, -0.2) is 4.58 Å². The maximum atomic E-state index is 10.8. The van der Waals surface area contributed by atoms with E-state index < -0.39 is 5.97 Å². The number of carboxylic acids is 1. The molecule has 0 spiro atoms. The molecule has 2 aliphatic rings. The van der Waals surface area contributed by atoms with E-state index in [1.54, 1.807) is 0 Å². The second kappa shape index (κ2) is 8.40. The zero-order chi connectivity index (χ0) is 21.2. The van der Waals surface area contributed by atoms with Crippen molar-refractivity contribution < 1.29 is 14.5 Å². The van der Waals surface area contributed by atoms with Crippen molar-refractivity contribution in [2.45, 2.75) is 44.9 Å². The molecule has 4 heteroatoms. The molecule has 0 heterocycles. The van der Waals surface area contributed by atoms with Crippen LogP contribution in [0.2, 0.25) is 0 Å². The van der Waals surface area contributed by atoms with E-state index in [-0.39, 0.29) is 11.8 Å². The minimum Gasteiger partial charge on any atom is -0.481 e. The summed E-state index contributed by atoms with van der Waals surface area (Å²) in [5.41, 5.74) is 7.77. The molecule has 0 unspecified atom stereocenters. The van der Waals surface area contributed by atoms with Crippen LogP contribution in [0.3, 0.4) is 0 Å². The Morgan fingerprint density at radius 1 is 1.14 bits per heavy atom. The van der Waals surface area contributed by atoms with Crippen LogP contribution in [0.15, 0.2) is 47.6 Å². The van der Waals surface area contributed by atoms with Crippen LogP contribution in [0.25, 0.3) is 6.08 Å². The van der Waals surface area contributed by atoms with Gasteiger partial charge in [0.2, 0.25) is 0 Å². The molecule has 0 saturated heterocycles. The van der Waals surface area contributed by atoms with Crippen LogP contribution < -0.4 is 4.90 Å². The molecule has 0 radical (unpaired) electrons. The van der Waals surface area contributed by atoms with Crippen molar-refractivity contribution in [1.29, 1.82) is 0 Å². The molecule has 0 fully saturated rings. The van der Waals surface area contributed by atoms with Crippen molar-refractivity contribution in [1.82, 2.24) is 0 Å². The van der Waals surface area contributed by atoms with Gasteiger partial charge >= 0.3 is 5.97 Å². The number of allylic oxidation sites excluding steroid dienone is 5. The standard InChI is InChI=1S/C25H32N2O2/c1-6-25(7-2)22-16-20(26(3)4)12-10-18(22)15-19-11-13-21(17-23(19)25)27(5)14-8-9-24(28)29/h10-13,15-17H,6-9,14H2,1-5H3/p+1. The third kappa shape index (κ3) is 3.93. The zero-order valence-electron chi connectivity index (χ0n) is 18.3. The Bertz CT molecular complexity index is 926. The number of fused-ring (bicyclic) bond motifs is 2. The van der Waals surface area contributed by atoms with E-state index in [2.05, 4.69) is 79.9 Å². The number of hydrogen-bond acceptors (Lipinski definition) is 2. The molecule has 0 aliphatic heterocycles. The summed E-state index contributed by atoms with van der Waals surface area (Å²) in [6, 6.07) is 6.71. The topological polar surface area (TPSA) is 43.5 Å². The number of carbonyl (C=O) groups is 1. The van der Waals surface area contributed by atoms with Gasteiger partial charge in [-0.05, 0) is 65.8 Å². The van der Waals surface area contributed by atoms with Crippen LogP contribution in [0.1, 0.15) is 50.7 Å². The lowest BCUT2D eigenvalue weighted by Crippen LogP contribution is -2.33. The Labute approximate surface area is 174 Å². The summed E-state index contributed by atoms with van der Waals surface area (Å²) in [6.45, 7) is 5.31. The van der Waals surface area contributed by atoms with Crippen molar-refractivity contribution in [3.8, 4) is 0 Å². The molecule has 29 heavy (non-hydrogen) atoms. The lowest BCUT2D eigenvalue weighted by Gasteiger charge is -2.41. The lowest BCUT2D eigenvalue weighted by atomic mass is 9.62. The Morgan fingerprint density at radius 2 is 1.86 bits per heavy atom. The fourth-order valence-electron chi connectivity index (χ4n) is 4.61. The van der Waals surface area contributed by atoms with Gasteiger partial charge in [-0.15, -0.1) is 0 Å². The van der Waals surface area contributed by atoms with Crippen LogP contribution in [0.4, 0.5) is 5.69 Å². The normalized spacial score (nSPS) is 16.5. The molecule has 2 aliphatic carbocycles. The molecule has 154 valence electrons. The largest absolute Gasteiger partial charge is 0.481 e. The van der Waals surface area contributed by atoms with Gasteiger partial charge in [0.25, 0.3) is 0 Å². The minimum atomic E-state index is -0.734. The Kier molecular flexibility index (Phi) is 6.11. The number of nitrogens with zero attached hydrogens (tertiary/aromatic N) is 2. The lowest BCUT2D eigenvalue weighted by molar-refractivity contribution is -0.462. The van der Waals surface area contributed by atoms with E-state index in [0.29, 0.717) is 6.42 Å².